The Hall–Kier alpha value is -1.21. The molecule has 2 rings (SSSR count). The SMILES string of the molecule is Cl.N[C@@]1(C(=O)O)CC(=O)[C@@H]2[C@H]1[C@@]2(F)C(=O)O. The highest BCUT2D eigenvalue weighted by molar-refractivity contribution is 6.06. The largest absolute Gasteiger partial charge is 0.480 e. The minimum Gasteiger partial charge on any atom is -0.480 e. The van der Waals surface area contributed by atoms with Crippen LogP contribution < -0.4 is 5.73 Å². The van der Waals surface area contributed by atoms with E-state index in [2.05, 4.69) is 0 Å². The van der Waals surface area contributed by atoms with E-state index < -0.39 is 47.2 Å². The summed E-state index contributed by atoms with van der Waals surface area (Å²) in [4.78, 5) is 32.6. The maximum absolute atomic E-state index is 13.7. The predicted octanol–water partition coefficient (Wildman–Crippen LogP) is -0.798. The number of fused-ring (bicyclic) bond motifs is 1. The van der Waals surface area contributed by atoms with Gasteiger partial charge in [0.25, 0.3) is 0 Å². The van der Waals surface area contributed by atoms with Crippen molar-refractivity contribution in [3.63, 3.8) is 0 Å². The van der Waals surface area contributed by atoms with Crippen LogP contribution in [0.1, 0.15) is 6.42 Å². The predicted molar refractivity (Wildman–Crippen MR) is 49.9 cm³/mol. The van der Waals surface area contributed by atoms with E-state index in [1.54, 1.807) is 0 Å². The van der Waals surface area contributed by atoms with Crippen LogP contribution in [0.5, 0.6) is 0 Å². The molecule has 0 aliphatic heterocycles. The van der Waals surface area contributed by atoms with Crippen LogP contribution in [-0.2, 0) is 14.4 Å². The molecule has 0 amide bonds. The minimum absolute atomic E-state index is 0. The first-order chi connectivity index (χ1) is 6.76. The van der Waals surface area contributed by atoms with Gasteiger partial charge in [-0.25, -0.2) is 9.18 Å². The molecular formula is C8H9ClFNO5. The number of nitrogens with two attached hydrogens (primary N) is 1. The van der Waals surface area contributed by atoms with Crippen LogP contribution in [0.2, 0.25) is 0 Å². The first-order valence-corrected chi connectivity index (χ1v) is 4.23. The lowest BCUT2D eigenvalue weighted by Gasteiger charge is -2.21. The van der Waals surface area contributed by atoms with Gasteiger partial charge in [0.2, 0.25) is 5.67 Å². The van der Waals surface area contributed by atoms with E-state index in [1.165, 1.54) is 0 Å². The molecule has 0 radical (unpaired) electrons. The standard InChI is InChI=1S/C8H8FNO5.ClH/c9-8(6(14)15)3-2(11)1-7(10,4(3)8)5(12)13;/h3-4H,1,10H2,(H,12,13)(H,14,15);1H/t3-,4-,7+,8-;/m1./s1. The minimum atomic E-state index is -2.79. The second kappa shape index (κ2) is 3.14. The Balaban J connectivity index is 0.00000128. The summed E-state index contributed by atoms with van der Waals surface area (Å²) >= 11 is 0. The number of hydrogen-bond acceptors (Lipinski definition) is 4. The van der Waals surface area contributed by atoms with Crippen molar-refractivity contribution < 1.29 is 29.0 Å². The third-order valence-electron chi connectivity index (χ3n) is 3.22. The molecule has 0 heterocycles. The monoisotopic (exact) mass is 253 g/mol. The van der Waals surface area contributed by atoms with Crippen LogP contribution in [0, 0.1) is 11.8 Å². The highest BCUT2D eigenvalue weighted by Gasteiger charge is 2.85. The van der Waals surface area contributed by atoms with Gasteiger partial charge in [0, 0.05) is 12.3 Å². The van der Waals surface area contributed by atoms with Gasteiger partial charge in [0.1, 0.15) is 11.3 Å². The summed E-state index contributed by atoms with van der Waals surface area (Å²) in [6.07, 6.45) is -0.503. The molecule has 0 aromatic carbocycles. The number of Topliss-reactive ketones (excluding diaryl/α,β-unsaturated/α-hetero) is 1. The summed E-state index contributed by atoms with van der Waals surface area (Å²) in [5.41, 5.74) is 0.503. The molecule has 6 nitrogen and oxygen atoms in total. The molecule has 0 spiro atoms. The Labute approximate surface area is 95.0 Å². The van der Waals surface area contributed by atoms with E-state index >= 15 is 0 Å². The summed E-state index contributed by atoms with van der Waals surface area (Å²) < 4.78 is 13.7. The van der Waals surface area contributed by atoms with Crippen molar-refractivity contribution >= 4 is 30.1 Å². The number of alkyl halides is 1. The molecule has 2 fully saturated rings. The molecule has 0 saturated heterocycles. The van der Waals surface area contributed by atoms with Crippen molar-refractivity contribution in [3.05, 3.63) is 0 Å². The van der Waals surface area contributed by atoms with Crippen molar-refractivity contribution in [1.82, 2.24) is 0 Å². The third-order valence-corrected chi connectivity index (χ3v) is 3.22. The average molecular weight is 254 g/mol. The second-order valence-corrected chi connectivity index (χ2v) is 4.02. The van der Waals surface area contributed by atoms with E-state index in [0.29, 0.717) is 0 Å². The van der Waals surface area contributed by atoms with E-state index in [4.69, 9.17) is 15.9 Å². The Morgan fingerprint density at radius 2 is 1.88 bits per heavy atom. The lowest BCUT2D eigenvalue weighted by Crippen LogP contribution is -2.52. The van der Waals surface area contributed by atoms with Gasteiger partial charge in [0.05, 0.1) is 5.92 Å². The first kappa shape index (κ1) is 12.9. The molecule has 2 aliphatic rings. The highest BCUT2D eigenvalue weighted by atomic mass is 35.5. The number of ketones is 1. The zero-order valence-corrected chi connectivity index (χ0v) is 8.66. The van der Waals surface area contributed by atoms with Crippen molar-refractivity contribution in [1.29, 1.82) is 0 Å². The van der Waals surface area contributed by atoms with Crippen LogP contribution in [0.3, 0.4) is 0 Å². The number of rotatable bonds is 2. The molecule has 4 N–H and O–H groups in total. The van der Waals surface area contributed by atoms with Crippen LogP contribution in [-0.4, -0.2) is 39.1 Å². The van der Waals surface area contributed by atoms with Crippen LogP contribution in [0.25, 0.3) is 0 Å². The maximum atomic E-state index is 13.7. The van der Waals surface area contributed by atoms with Crippen molar-refractivity contribution in [2.24, 2.45) is 17.6 Å². The highest BCUT2D eigenvalue weighted by Crippen LogP contribution is 2.64. The van der Waals surface area contributed by atoms with Gasteiger partial charge in [-0.2, -0.15) is 0 Å². The van der Waals surface area contributed by atoms with Crippen LogP contribution in [0.4, 0.5) is 4.39 Å². The number of carboxylic acid groups (broad SMARTS) is 2. The molecule has 4 atom stereocenters. The van der Waals surface area contributed by atoms with Crippen molar-refractivity contribution in [2.75, 3.05) is 0 Å². The van der Waals surface area contributed by atoms with Gasteiger partial charge in [-0.15, -0.1) is 12.4 Å². The zero-order valence-electron chi connectivity index (χ0n) is 7.84. The summed E-state index contributed by atoms with van der Waals surface area (Å²) in [7, 11) is 0. The Bertz CT molecular complexity index is 402. The maximum Gasteiger partial charge on any atom is 0.342 e. The molecule has 2 aliphatic carbocycles. The zero-order chi connectivity index (χ0) is 11.6. The van der Waals surface area contributed by atoms with E-state index in [9.17, 15) is 18.8 Å². The fourth-order valence-electron chi connectivity index (χ4n) is 2.43. The Morgan fingerprint density at radius 3 is 2.19 bits per heavy atom. The smallest absolute Gasteiger partial charge is 0.342 e. The van der Waals surface area contributed by atoms with Gasteiger partial charge in [-0.1, -0.05) is 0 Å². The molecular weight excluding hydrogens is 245 g/mol. The average Bonchev–Trinajstić information content (AvgIpc) is 2.63. The molecule has 90 valence electrons. The number of carbonyl (C=O) groups excluding carboxylic acids is 1. The fraction of sp³-hybridized carbons (Fsp3) is 0.625. The van der Waals surface area contributed by atoms with Crippen LogP contribution in [0.15, 0.2) is 0 Å². The van der Waals surface area contributed by atoms with Gasteiger partial charge in [-0.05, 0) is 0 Å². The summed E-state index contributed by atoms with van der Waals surface area (Å²) in [5.74, 6) is -6.91. The summed E-state index contributed by atoms with van der Waals surface area (Å²) in [6, 6.07) is 0. The van der Waals surface area contributed by atoms with Crippen LogP contribution >= 0.6 is 12.4 Å². The lowest BCUT2D eigenvalue weighted by atomic mass is 9.90. The lowest BCUT2D eigenvalue weighted by molar-refractivity contribution is -0.151. The molecule has 16 heavy (non-hydrogen) atoms. The molecule has 0 bridgehead atoms. The van der Waals surface area contributed by atoms with E-state index in [1.807, 2.05) is 0 Å². The number of hydrogen-bond donors (Lipinski definition) is 3. The molecule has 0 aromatic rings. The molecule has 0 unspecified atom stereocenters. The quantitative estimate of drug-likeness (QED) is 0.593. The van der Waals surface area contributed by atoms with Gasteiger partial charge < -0.3 is 15.9 Å². The first-order valence-electron chi connectivity index (χ1n) is 4.23. The third kappa shape index (κ3) is 1.12. The number of carbonyl (C=O) groups is 3. The number of halogens is 2. The number of aliphatic carboxylic acids is 2. The van der Waals surface area contributed by atoms with E-state index in [-0.39, 0.29) is 12.4 Å². The Morgan fingerprint density at radius 1 is 1.38 bits per heavy atom. The van der Waals surface area contributed by atoms with Gasteiger partial charge in [-0.3, -0.25) is 9.59 Å². The Kier molecular flexibility index (Phi) is 2.53. The van der Waals surface area contributed by atoms with Crippen molar-refractivity contribution in [2.45, 2.75) is 17.6 Å². The van der Waals surface area contributed by atoms with Gasteiger partial charge in [0.15, 0.2) is 0 Å². The topological polar surface area (TPSA) is 118 Å². The molecule has 2 saturated carbocycles. The summed E-state index contributed by atoms with van der Waals surface area (Å²) in [5, 5.41) is 17.3. The van der Waals surface area contributed by atoms with Gasteiger partial charge >= 0.3 is 11.9 Å². The normalized spacial score (nSPS) is 44.5. The van der Waals surface area contributed by atoms with Crippen molar-refractivity contribution in [3.8, 4) is 0 Å². The number of carboxylic acids is 2. The fourth-order valence-corrected chi connectivity index (χ4v) is 2.43. The summed E-state index contributed by atoms with van der Waals surface area (Å²) in [6.45, 7) is 0. The second-order valence-electron chi connectivity index (χ2n) is 4.02. The van der Waals surface area contributed by atoms with E-state index in [0.717, 1.165) is 0 Å². The molecule has 8 heteroatoms. The molecule has 0 aromatic heterocycles.